The summed E-state index contributed by atoms with van der Waals surface area (Å²) in [6.07, 6.45) is -2.88. The van der Waals surface area contributed by atoms with Gasteiger partial charge in [-0.25, -0.2) is 4.79 Å². The van der Waals surface area contributed by atoms with E-state index in [4.69, 9.17) is 44.6 Å². The number of thiophene rings is 1. The van der Waals surface area contributed by atoms with Gasteiger partial charge in [-0.15, -0.1) is 22.9 Å². The zero-order valence-corrected chi connectivity index (χ0v) is 24.3. The van der Waals surface area contributed by atoms with Gasteiger partial charge in [0.15, 0.2) is 0 Å². The highest BCUT2D eigenvalue weighted by atomic mass is 35.5. The lowest BCUT2D eigenvalue weighted by Crippen LogP contribution is -2.47. The third-order valence-corrected chi connectivity index (χ3v) is 9.26. The molecule has 1 aliphatic carbocycles. The molecule has 1 heterocycles. The Morgan fingerprint density at radius 3 is 2.31 bits per heavy atom. The molecule has 0 bridgehead atoms. The Bertz CT molecular complexity index is 1050. The van der Waals surface area contributed by atoms with Crippen molar-refractivity contribution in [3.63, 3.8) is 0 Å². The van der Waals surface area contributed by atoms with Gasteiger partial charge in [-0.2, -0.15) is 0 Å². The number of halogens is 3. The number of aliphatic hydroxyl groups is 6. The summed E-state index contributed by atoms with van der Waals surface area (Å²) in [5.41, 5.74) is 1.02. The fraction of sp³-hybridized carbons (Fsp3) is 0.593. The van der Waals surface area contributed by atoms with Crippen molar-refractivity contribution in [2.45, 2.75) is 74.4 Å². The number of benzene rings is 1. The lowest BCUT2D eigenvalue weighted by Gasteiger charge is -2.25. The van der Waals surface area contributed by atoms with E-state index in [0.717, 1.165) is 42.5 Å². The molecule has 0 unspecified atom stereocenters. The number of esters is 1. The molecule has 0 radical (unpaired) electrons. The molecule has 1 aromatic heterocycles. The van der Waals surface area contributed by atoms with E-state index in [2.05, 4.69) is 0 Å². The Kier molecular flexibility index (Phi) is 12.8. The highest BCUT2D eigenvalue weighted by molar-refractivity contribution is 7.13. The lowest BCUT2D eigenvalue weighted by molar-refractivity contribution is -0.124. The number of carbonyl (C=O) groups is 1. The molecule has 1 aromatic carbocycles. The van der Waals surface area contributed by atoms with E-state index in [1.807, 2.05) is 18.2 Å². The molecule has 2 aromatic rings. The summed E-state index contributed by atoms with van der Waals surface area (Å²) in [5, 5.41) is 59.3. The van der Waals surface area contributed by atoms with E-state index >= 15 is 0 Å². The van der Waals surface area contributed by atoms with Crippen molar-refractivity contribution in [2.75, 3.05) is 13.2 Å². The molecule has 0 saturated heterocycles. The second kappa shape index (κ2) is 15.3. The number of hydrogen-bond donors (Lipinski definition) is 6. The number of hydrogen-bond acceptors (Lipinski definition) is 9. The average molecular weight is 626 g/mol. The van der Waals surface area contributed by atoms with E-state index in [9.17, 15) is 30.3 Å². The van der Waals surface area contributed by atoms with E-state index in [1.54, 1.807) is 12.1 Å². The first-order chi connectivity index (χ1) is 18.5. The van der Waals surface area contributed by atoms with Crippen LogP contribution in [0.15, 0.2) is 30.3 Å². The van der Waals surface area contributed by atoms with Crippen molar-refractivity contribution in [1.82, 2.24) is 0 Å². The minimum Gasteiger partial charge on any atom is -0.459 e. The Balaban J connectivity index is 1.46. The molecule has 12 heteroatoms. The smallest absolute Gasteiger partial charge is 0.348 e. The number of alkyl halides is 1. The Labute approximate surface area is 246 Å². The Hall–Kier alpha value is -0.980. The van der Waals surface area contributed by atoms with Crippen LogP contribution >= 0.6 is 46.1 Å². The van der Waals surface area contributed by atoms with Crippen LogP contribution in [0.25, 0.3) is 0 Å². The van der Waals surface area contributed by atoms with E-state index in [0.29, 0.717) is 21.3 Å². The topological polar surface area (TPSA) is 148 Å². The molecule has 8 nitrogen and oxygen atoms in total. The van der Waals surface area contributed by atoms with Crippen LogP contribution in [0.2, 0.25) is 10.0 Å². The summed E-state index contributed by atoms with van der Waals surface area (Å²) in [4.78, 5) is 13.7. The van der Waals surface area contributed by atoms with E-state index in [-0.39, 0.29) is 17.2 Å². The number of rotatable bonds is 14. The fourth-order valence-corrected chi connectivity index (χ4v) is 7.06. The summed E-state index contributed by atoms with van der Waals surface area (Å²) in [5.74, 6) is -0.457. The third kappa shape index (κ3) is 9.26. The molecule has 1 aliphatic rings. The van der Waals surface area contributed by atoms with Crippen molar-refractivity contribution in [3.05, 3.63) is 55.7 Å². The summed E-state index contributed by atoms with van der Waals surface area (Å²) in [6, 6.07) is 8.91. The standard InChI is InChI=1S/C27H35Cl3O8S/c28-15-8-14(9-16(29)10-15)4-6-19-18(20(30)11-21(19)32)3-1-2-17-5-7-24(39-17)27(37)38-13-23(34)26(36)25(35)22(33)12-31/h5,7-10,18-23,25-26,31-36H,1-4,6,11-13H2/t18-,19-,20-,21-,22-,23-,25+,26+/m1/s1. The van der Waals surface area contributed by atoms with Gasteiger partial charge in [0.2, 0.25) is 0 Å². The summed E-state index contributed by atoms with van der Waals surface area (Å²) in [7, 11) is 0. The van der Waals surface area contributed by atoms with Crippen LogP contribution in [0.3, 0.4) is 0 Å². The quantitative estimate of drug-likeness (QED) is 0.139. The molecule has 218 valence electrons. The van der Waals surface area contributed by atoms with Crippen LogP contribution in [0.5, 0.6) is 0 Å². The van der Waals surface area contributed by atoms with Gasteiger partial charge in [0.05, 0.1) is 12.7 Å². The van der Waals surface area contributed by atoms with Gasteiger partial charge < -0.3 is 35.4 Å². The minimum absolute atomic E-state index is 0.0675. The second-order valence-corrected chi connectivity index (χ2v) is 12.6. The van der Waals surface area contributed by atoms with Crippen LogP contribution in [-0.2, 0) is 17.6 Å². The SMILES string of the molecule is O=C(OC[C@@H](O)[C@H](O)[C@@H](O)[C@H](O)CO)c1ccc(CCC[C@@H]2[C@@H](CCc3cc(Cl)cc(Cl)c3)[C@H](O)C[C@H]2Cl)s1. The first kappa shape index (κ1) is 32.5. The summed E-state index contributed by atoms with van der Waals surface area (Å²) < 4.78 is 5.04. The van der Waals surface area contributed by atoms with Gasteiger partial charge in [-0.1, -0.05) is 23.2 Å². The predicted molar refractivity (Wildman–Crippen MR) is 151 cm³/mol. The molecular formula is C27H35Cl3O8S. The Morgan fingerprint density at radius 1 is 0.974 bits per heavy atom. The first-order valence-corrected chi connectivity index (χ1v) is 14.9. The highest BCUT2D eigenvalue weighted by Gasteiger charge is 2.40. The molecule has 3 rings (SSSR count). The predicted octanol–water partition coefficient (Wildman–Crippen LogP) is 3.21. The molecule has 6 N–H and O–H groups in total. The van der Waals surface area contributed by atoms with Crippen LogP contribution < -0.4 is 0 Å². The monoisotopic (exact) mass is 624 g/mol. The van der Waals surface area contributed by atoms with E-state index in [1.165, 1.54) is 11.3 Å². The van der Waals surface area contributed by atoms with Gasteiger partial charge in [0.1, 0.15) is 35.9 Å². The number of aliphatic hydroxyl groups excluding tert-OH is 6. The summed E-state index contributed by atoms with van der Waals surface area (Å²) >= 11 is 20.1. The molecule has 0 spiro atoms. The van der Waals surface area contributed by atoms with Gasteiger partial charge in [0, 0.05) is 20.3 Å². The summed E-state index contributed by atoms with van der Waals surface area (Å²) in [6.45, 7) is -1.39. The zero-order valence-electron chi connectivity index (χ0n) is 21.2. The molecular weight excluding hydrogens is 591 g/mol. The largest absolute Gasteiger partial charge is 0.459 e. The number of carbonyl (C=O) groups excluding carboxylic acids is 1. The minimum atomic E-state index is -1.80. The van der Waals surface area contributed by atoms with Gasteiger partial charge >= 0.3 is 5.97 Å². The molecule has 0 aliphatic heterocycles. The third-order valence-electron chi connectivity index (χ3n) is 7.20. The van der Waals surface area contributed by atoms with Crippen molar-refractivity contribution in [2.24, 2.45) is 11.8 Å². The molecule has 1 saturated carbocycles. The van der Waals surface area contributed by atoms with E-state index < -0.39 is 49.7 Å². The number of ether oxygens (including phenoxy) is 1. The van der Waals surface area contributed by atoms with Crippen molar-refractivity contribution >= 4 is 52.1 Å². The van der Waals surface area contributed by atoms with Crippen LogP contribution in [0.4, 0.5) is 0 Å². The zero-order chi connectivity index (χ0) is 28.7. The van der Waals surface area contributed by atoms with Crippen molar-refractivity contribution < 1.29 is 40.2 Å². The lowest BCUT2D eigenvalue weighted by atomic mass is 9.85. The van der Waals surface area contributed by atoms with Crippen molar-refractivity contribution in [3.8, 4) is 0 Å². The van der Waals surface area contributed by atoms with Crippen molar-refractivity contribution in [1.29, 1.82) is 0 Å². The molecule has 0 amide bonds. The van der Waals surface area contributed by atoms with Crippen LogP contribution in [-0.4, -0.2) is 85.7 Å². The Morgan fingerprint density at radius 2 is 1.64 bits per heavy atom. The first-order valence-electron chi connectivity index (χ1n) is 12.9. The van der Waals surface area contributed by atoms with Gasteiger partial charge in [-0.3, -0.25) is 0 Å². The second-order valence-electron chi connectivity index (χ2n) is 10.0. The van der Waals surface area contributed by atoms with Gasteiger partial charge in [-0.05, 0) is 86.3 Å². The van der Waals surface area contributed by atoms with Crippen LogP contribution in [0, 0.1) is 11.8 Å². The molecule has 8 atom stereocenters. The average Bonchev–Trinajstić information content (AvgIpc) is 3.47. The number of aryl methyl sites for hydroxylation is 2. The van der Waals surface area contributed by atoms with Crippen LogP contribution in [0.1, 0.15) is 45.8 Å². The highest BCUT2D eigenvalue weighted by Crippen LogP contribution is 2.42. The molecule has 1 fully saturated rings. The fourth-order valence-electron chi connectivity index (χ4n) is 5.05. The maximum absolute atomic E-state index is 12.4. The molecule has 39 heavy (non-hydrogen) atoms. The maximum Gasteiger partial charge on any atom is 0.348 e. The normalized spacial score (nSPS) is 24.3. The maximum atomic E-state index is 12.4. The van der Waals surface area contributed by atoms with Gasteiger partial charge in [0.25, 0.3) is 0 Å².